The maximum Gasteiger partial charge on any atom is 0.257 e. The Morgan fingerprint density at radius 3 is 3.05 bits per heavy atom. The van der Waals surface area contributed by atoms with Crippen LogP contribution in [0.1, 0.15) is 30.9 Å². The standard InChI is InChI=1S/C15H20N2O3/c1-17(9-11-4-2-3-7-20-11)10-5-6-12-13(8-10)16-15(19)14(12)18/h5-6,8,11,14,18H,2-4,7,9H2,1H3,(H,16,19). The molecule has 2 aliphatic rings. The Kier molecular flexibility index (Phi) is 3.63. The molecule has 1 aromatic carbocycles. The zero-order chi connectivity index (χ0) is 14.1. The van der Waals surface area contributed by atoms with Crippen LogP contribution in [0, 0.1) is 0 Å². The largest absolute Gasteiger partial charge is 0.378 e. The van der Waals surface area contributed by atoms with Gasteiger partial charge in [-0.15, -0.1) is 0 Å². The number of aliphatic hydroxyl groups excluding tert-OH is 1. The first kappa shape index (κ1) is 13.4. The summed E-state index contributed by atoms with van der Waals surface area (Å²) in [6.45, 7) is 1.69. The van der Waals surface area contributed by atoms with Gasteiger partial charge in [-0.25, -0.2) is 0 Å². The third-order valence-electron chi connectivity index (χ3n) is 4.03. The third-order valence-corrected chi connectivity index (χ3v) is 4.03. The van der Waals surface area contributed by atoms with Gasteiger partial charge in [0.1, 0.15) is 0 Å². The molecule has 3 rings (SSSR count). The zero-order valence-electron chi connectivity index (χ0n) is 11.6. The minimum Gasteiger partial charge on any atom is -0.378 e. The van der Waals surface area contributed by atoms with Gasteiger partial charge in [0, 0.05) is 37.1 Å². The smallest absolute Gasteiger partial charge is 0.257 e. The average molecular weight is 276 g/mol. The highest BCUT2D eigenvalue weighted by Gasteiger charge is 2.28. The van der Waals surface area contributed by atoms with Crippen LogP contribution in [0.4, 0.5) is 11.4 Å². The van der Waals surface area contributed by atoms with Crippen molar-refractivity contribution >= 4 is 17.3 Å². The summed E-state index contributed by atoms with van der Waals surface area (Å²) in [6.07, 6.45) is 2.73. The van der Waals surface area contributed by atoms with Crippen LogP contribution in [0.2, 0.25) is 0 Å². The molecule has 0 radical (unpaired) electrons. The second-order valence-corrected chi connectivity index (χ2v) is 5.53. The first-order valence-electron chi connectivity index (χ1n) is 7.11. The molecule has 0 spiro atoms. The lowest BCUT2D eigenvalue weighted by molar-refractivity contribution is -0.123. The molecule has 0 bridgehead atoms. The van der Waals surface area contributed by atoms with Gasteiger partial charge < -0.3 is 20.1 Å². The predicted molar refractivity (Wildman–Crippen MR) is 76.9 cm³/mol. The van der Waals surface area contributed by atoms with Gasteiger partial charge in [0.25, 0.3) is 5.91 Å². The number of carbonyl (C=O) groups excluding carboxylic acids is 1. The van der Waals surface area contributed by atoms with Crippen LogP contribution in [0.25, 0.3) is 0 Å². The van der Waals surface area contributed by atoms with E-state index in [4.69, 9.17) is 4.74 Å². The Hall–Kier alpha value is -1.59. The molecule has 2 atom stereocenters. The molecule has 5 nitrogen and oxygen atoms in total. The van der Waals surface area contributed by atoms with E-state index in [-0.39, 0.29) is 12.0 Å². The van der Waals surface area contributed by atoms with E-state index in [0.29, 0.717) is 11.3 Å². The number of nitrogens with zero attached hydrogens (tertiary/aromatic N) is 1. The van der Waals surface area contributed by atoms with Crippen molar-refractivity contribution in [3.8, 4) is 0 Å². The molecular weight excluding hydrogens is 256 g/mol. The quantitative estimate of drug-likeness (QED) is 0.881. The molecular formula is C15H20N2O3. The van der Waals surface area contributed by atoms with Crippen molar-refractivity contribution in [1.82, 2.24) is 0 Å². The molecule has 0 aliphatic carbocycles. The topological polar surface area (TPSA) is 61.8 Å². The Balaban J connectivity index is 1.71. The second kappa shape index (κ2) is 5.42. The highest BCUT2D eigenvalue weighted by atomic mass is 16.5. The van der Waals surface area contributed by atoms with Crippen molar-refractivity contribution in [3.05, 3.63) is 23.8 Å². The van der Waals surface area contributed by atoms with Crippen molar-refractivity contribution < 1.29 is 14.6 Å². The van der Waals surface area contributed by atoms with Crippen molar-refractivity contribution in [2.24, 2.45) is 0 Å². The number of carbonyl (C=O) groups is 1. The summed E-state index contributed by atoms with van der Waals surface area (Å²) < 4.78 is 5.75. The number of likely N-dealkylation sites (N-methyl/N-ethyl adjacent to an activating group) is 1. The fourth-order valence-electron chi connectivity index (χ4n) is 2.83. The first-order chi connectivity index (χ1) is 9.65. The number of rotatable bonds is 3. The van der Waals surface area contributed by atoms with Crippen LogP contribution < -0.4 is 10.2 Å². The Morgan fingerprint density at radius 2 is 2.30 bits per heavy atom. The Bertz CT molecular complexity index is 512. The summed E-state index contributed by atoms with van der Waals surface area (Å²) in [5, 5.41) is 12.4. The van der Waals surface area contributed by atoms with Crippen LogP contribution in [-0.4, -0.2) is 37.3 Å². The molecule has 1 aromatic rings. The van der Waals surface area contributed by atoms with Crippen molar-refractivity contribution in [3.63, 3.8) is 0 Å². The van der Waals surface area contributed by atoms with Crippen molar-refractivity contribution in [1.29, 1.82) is 0 Å². The van der Waals surface area contributed by atoms with Gasteiger partial charge >= 0.3 is 0 Å². The van der Waals surface area contributed by atoms with E-state index in [1.807, 2.05) is 25.2 Å². The number of ether oxygens (including phenoxy) is 1. The molecule has 1 amide bonds. The minimum absolute atomic E-state index is 0.280. The molecule has 1 fully saturated rings. The van der Waals surface area contributed by atoms with Gasteiger partial charge in [-0.2, -0.15) is 0 Å². The summed E-state index contributed by atoms with van der Waals surface area (Å²) in [5.74, 6) is -0.351. The summed E-state index contributed by atoms with van der Waals surface area (Å²) in [5.41, 5.74) is 2.38. The normalized spacial score (nSPS) is 25.2. The maximum absolute atomic E-state index is 11.4. The lowest BCUT2D eigenvalue weighted by atomic mass is 10.1. The SMILES string of the molecule is CN(CC1CCCCO1)c1ccc2c(c1)NC(=O)C2O. The van der Waals surface area contributed by atoms with E-state index in [1.165, 1.54) is 6.42 Å². The van der Waals surface area contributed by atoms with Gasteiger partial charge in [-0.1, -0.05) is 6.07 Å². The van der Waals surface area contributed by atoms with Gasteiger partial charge in [0.05, 0.1) is 6.10 Å². The lowest BCUT2D eigenvalue weighted by Gasteiger charge is -2.28. The molecule has 1 saturated heterocycles. The molecule has 2 aliphatic heterocycles. The number of amides is 1. The first-order valence-corrected chi connectivity index (χ1v) is 7.11. The fraction of sp³-hybridized carbons (Fsp3) is 0.533. The summed E-state index contributed by atoms with van der Waals surface area (Å²) in [6, 6.07) is 5.66. The number of fused-ring (bicyclic) bond motifs is 1. The van der Waals surface area contributed by atoms with E-state index in [0.717, 1.165) is 31.7 Å². The molecule has 2 N–H and O–H groups in total. The van der Waals surface area contributed by atoms with E-state index in [1.54, 1.807) is 0 Å². The van der Waals surface area contributed by atoms with Crippen LogP contribution in [-0.2, 0) is 9.53 Å². The van der Waals surface area contributed by atoms with Crippen LogP contribution in [0.15, 0.2) is 18.2 Å². The number of benzene rings is 1. The summed E-state index contributed by atoms with van der Waals surface area (Å²) in [7, 11) is 2.02. The molecule has 0 aromatic heterocycles. The zero-order valence-corrected chi connectivity index (χ0v) is 11.6. The molecule has 5 heteroatoms. The van der Waals surface area contributed by atoms with Crippen molar-refractivity contribution in [2.75, 3.05) is 30.4 Å². The minimum atomic E-state index is -1.04. The monoisotopic (exact) mass is 276 g/mol. The fourth-order valence-corrected chi connectivity index (χ4v) is 2.83. The Labute approximate surface area is 118 Å². The number of hydrogen-bond donors (Lipinski definition) is 2. The van der Waals surface area contributed by atoms with E-state index >= 15 is 0 Å². The maximum atomic E-state index is 11.4. The predicted octanol–water partition coefficient (Wildman–Crippen LogP) is 1.68. The van der Waals surface area contributed by atoms with E-state index in [9.17, 15) is 9.90 Å². The van der Waals surface area contributed by atoms with Crippen LogP contribution >= 0.6 is 0 Å². The highest BCUT2D eigenvalue weighted by molar-refractivity contribution is 6.02. The molecule has 0 saturated carbocycles. The summed E-state index contributed by atoms with van der Waals surface area (Å²) in [4.78, 5) is 13.6. The van der Waals surface area contributed by atoms with Crippen LogP contribution in [0.5, 0.6) is 0 Å². The number of anilines is 2. The molecule has 108 valence electrons. The number of aliphatic hydroxyl groups is 1. The highest BCUT2D eigenvalue weighted by Crippen LogP contribution is 2.33. The molecule has 2 heterocycles. The third kappa shape index (κ3) is 2.51. The molecule has 2 unspecified atom stereocenters. The van der Waals surface area contributed by atoms with Crippen LogP contribution in [0.3, 0.4) is 0 Å². The van der Waals surface area contributed by atoms with Gasteiger partial charge in [0.15, 0.2) is 6.10 Å². The second-order valence-electron chi connectivity index (χ2n) is 5.53. The van der Waals surface area contributed by atoms with Gasteiger partial charge in [-0.05, 0) is 31.4 Å². The number of hydrogen-bond acceptors (Lipinski definition) is 4. The average Bonchev–Trinajstić information content (AvgIpc) is 2.74. The summed E-state index contributed by atoms with van der Waals surface area (Å²) >= 11 is 0. The van der Waals surface area contributed by atoms with Crippen molar-refractivity contribution in [2.45, 2.75) is 31.5 Å². The Morgan fingerprint density at radius 1 is 1.45 bits per heavy atom. The lowest BCUT2D eigenvalue weighted by Crippen LogP contribution is -2.33. The van der Waals surface area contributed by atoms with Gasteiger partial charge in [0.2, 0.25) is 0 Å². The number of nitrogens with one attached hydrogen (secondary N) is 1. The van der Waals surface area contributed by atoms with E-state index < -0.39 is 6.10 Å². The van der Waals surface area contributed by atoms with E-state index in [2.05, 4.69) is 10.2 Å². The molecule has 20 heavy (non-hydrogen) atoms. The van der Waals surface area contributed by atoms with Gasteiger partial charge in [-0.3, -0.25) is 4.79 Å².